The lowest BCUT2D eigenvalue weighted by molar-refractivity contribution is -0.181. The number of hydrogen-bond acceptors (Lipinski definition) is 22. The Kier molecular flexibility index (Phi) is 35.7. The number of aromatic nitrogens is 12. The number of alkyl halides is 9. The van der Waals surface area contributed by atoms with E-state index in [0.717, 1.165) is 146 Å². The van der Waals surface area contributed by atoms with Crippen LogP contribution in [0.5, 0.6) is 0 Å². The summed E-state index contributed by atoms with van der Waals surface area (Å²) in [5.41, 5.74) is 9.22. The van der Waals surface area contributed by atoms with Crippen molar-refractivity contribution in [2.45, 2.75) is 208 Å². The Morgan fingerprint density at radius 3 is 1.09 bits per heavy atom. The molecule has 12 aromatic rings. The summed E-state index contributed by atoms with van der Waals surface area (Å²) in [4.78, 5) is 87.3. The molecule has 0 aliphatic carbocycles. The second-order valence-electron chi connectivity index (χ2n) is 39.6. The van der Waals surface area contributed by atoms with Gasteiger partial charge >= 0.3 is 18.5 Å². The molecule has 5 N–H and O–H groups in total. The van der Waals surface area contributed by atoms with Crippen molar-refractivity contribution in [2.24, 2.45) is 47.3 Å². The van der Waals surface area contributed by atoms with Crippen LogP contribution in [0.4, 0.5) is 61.7 Å². The molecule has 0 spiro atoms. The Labute approximate surface area is 803 Å². The number of carbonyl (C=O) groups is 4. The highest BCUT2D eigenvalue weighted by atomic mass is 32.1. The predicted molar refractivity (Wildman–Crippen MR) is 525 cm³/mol. The van der Waals surface area contributed by atoms with Gasteiger partial charge in [0.25, 0.3) is 6.01 Å². The van der Waals surface area contributed by atoms with Crippen LogP contribution in [0.3, 0.4) is 0 Å². The Morgan fingerprint density at radius 2 is 0.723 bits per heavy atom. The quantitative estimate of drug-likeness (QED) is 0.0180. The third-order valence-electron chi connectivity index (χ3n) is 27.2. The SMILES string of the molecule is CC(C)CCC(CC(=O)c1cnc(N2CCN(C)C(C(F)(F)F)C2)o1)Cc1c[nH]c2ccccc12.CC(C)CCC(CC(=O)c1nc(N2CCN(C)C(C(F)(F)F)C2)n[nH]1)Cc1c[nH]c2ccccc12.CC(C)CCC(CC(=O)c1nnc(N2CCN(C)C(C(F)(F)F)C2)s1)Cc1c[nH]c2ccccc12.CC(C)CCC(CC(=O)c1nnc(N2CCN(C)C(C)C2)s1)Cc1c[nH]c2ccccc12. The normalized spacial score (nSPS) is 18.5. The second kappa shape index (κ2) is 47.0. The number of nitrogens with one attached hydrogen (secondary N) is 5. The highest BCUT2D eigenvalue weighted by Gasteiger charge is 2.49. The minimum absolute atomic E-state index is 0.0751. The van der Waals surface area contributed by atoms with E-state index in [4.69, 9.17) is 4.42 Å². The number of para-hydroxylation sites is 4. The predicted octanol–water partition coefficient (Wildman–Crippen LogP) is 21.1. The maximum atomic E-state index is 13.4. The number of oxazole rings is 1. The molecule has 0 bridgehead atoms. The summed E-state index contributed by atoms with van der Waals surface area (Å²) in [6.45, 7) is 23.7. The third-order valence-corrected chi connectivity index (χ3v) is 29.2. The average Bonchev–Trinajstić information content (AvgIpc) is 1.53. The Morgan fingerprint density at radius 1 is 0.401 bits per heavy atom. The van der Waals surface area contributed by atoms with Gasteiger partial charge in [0.2, 0.25) is 16.2 Å². The number of aromatic amines is 5. The summed E-state index contributed by atoms with van der Waals surface area (Å²) in [5.74, 6) is 2.95. The fourth-order valence-corrected chi connectivity index (χ4v) is 20.3. The van der Waals surface area contributed by atoms with E-state index in [1.807, 2.05) is 73.2 Å². The van der Waals surface area contributed by atoms with E-state index >= 15 is 0 Å². The summed E-state index contributed by atoms with van der Waals surface area (Å²) in [5, 5.41) is 30.4. The van der Waals surface area contributed by atoms with E-state index < -0.39 is 36.7 Å². The van der Waals surface area contributed by atoms with Crippen LogP contribution in [0.2, 0.25) is 0 Å². The number of halogens is 9. The smallest absolute Gasteiger partial charge is 0.405 e. The number of fused-ring (bicyclic) bond motifs is 4. The van der Waals surface area contributed by atoms with Gasteiger partial charge in [0.15, 0.2) is 44.7 Å². The van der Waals surface area contributed by atoms with Crippen LogP contribution >= 0.6 is 22.7 Å². The van der Waals surface area contributed by atoms with E-state index in [2.05, 4.69) is 188 Å². The molecule has 0 amide bonds. The molecule has 8 aromatic heterocycles. The topological polar surface area (TPSA) is 277 Å². The third kappa shape index (κ3) is 28.5. The van der Waals surface area contributed by atoms with Gasteiger partial charge in [-0.3, -0.25) is 39.0 Å². The van der Waals surface area contributed by atoms with Crippen LogP contribution in [0.1, 0.15) is 202 Å². The van der Waals surface area contributed by atoms with Crippen molar-refractivity contribution in [3.8, 4) is 0 Å². The molecular weight excluding hydrogens is 1810 g/mol. The van der Waals surface area contributed by atoms with Crippen molar-refractivity contribution >= 4 is 112 Å². The highest BCUT2D eigenvalue weighted by molar-refractivity contribution is 7.17. The molecule has 16 rings (SSSR count). The van der Waals surface area contributed by atoms with Gasteiger partial charge in [-0.15, -0.1) is 25.5 Å². The second-order valence-corrected chi connectivity index (χ2v) is 41.5. The number of carbonyl (C=O) groups excluding carboxylic acids is 4. The van der Waals surface area contributed by atoms with Crippen LogP contribution < -0.4 is 19.6 Å². The van der Waals surface area contributed by atoms with Gasteiger partial charge in [-0.05, 0) is 180 Å². The van der Waals surface area contributed by atoms with E-state index in [9.17, 15) is 58.7 Å². The molecule has 4 aliphatic rings. The van der Waals surface area contributed by atoms with Crippen LogP contribution in [0.25, 0.3) is 43.6 Å². The zero-order chi connectivity index (χ0) is 98.2. The summed E-state index contributed by atoms with van der Waals surface area (Å²) in [6, 6.07) is 28.5. The number of anilines is 4. The molecule has 25 nitrogen and oxygen atoms in total. The fraction of sp³-hybridized carbons (Fsp3) is 0.554. The number of likely N-dealkylation sites (N-methyl/N-ethyl adjacent to an activating group) is 4. The molecule has 4 aliphatic heterocycles. The summed E-state index contributed by atoms with van der Waals surface area (Å²) >= 11 is 2.56. The maximum absolute atomic E-state index is 13.4. The molecule has 742 valence electrons. The van der Waals surface area contributed by atoms with Gasteiger partial charge in [-0.1, -0.05) is 177 Å². The molecule has 8 unspecified atom stereocenters. The first kappa shape index (κ1) is 104. The molecule has 137 heavy (non-hydrogen) atoms. The Balaban J connectivity index is 0.000000154. The largest absolute Gasteiger partial charge is 0.420 e. The van der Waals surface area contributed by atoms with Gasteiger partial charge in [-0.25, -0.2) is 4.98 Å². The fourth-order valence-electron chi connectivity index (χ4n) is 18.7. The average molecular weight is 1940 g/mol. The lowest BCUT2D eigenvalue weighted by Crippen LogP contribution is -2.57. The molecule has 12 heterocycles. The maximum Gasteiger partial charge on any atom is 0.405 e. The number of nitrogens with zero attached hydrogens (tertiary/aromatic N) is 15. The van der Waals surface area contributed by atoms with Gasteiger partial charge in [0, 0.05) is 179 Å². The van der Waals surface area contributed by atoms with Gasteiger partial charge in [-0.2, -0.15) is 44.5 Å². The molecule has 4 aromatic carbocycles. The number of benzene rings is 4. The monoisotopic (exact) mass is 1940 g/mol. The Hall–Kier alpha value is -10.4. The number of piperazine rings is 4. The number of Topliss-reactive ketones (excluding diaryl/α,β-unsaturated/α-hetero) is 4. The number of H-pyrrole nitrogens is 5. The summed E-state index contributed by atoms with van der Waals surface area (Å²) < 4.78 is 126. The lowest BCUT2D eigenvalue weighted by atomic mass is 9.87. The highest BCUT2D eigenvalue weighted by Crippen LogP contribution is 2.39. The van der Waals surface area contributed by atoms with E-state index in [1.165, 1.54) is 96.2 Å². The standard InChI is InChI=1S/C26H33F3N4O2.C25H33F3N6O.C25H32F3N5OS.C25H35N5OS/c1-17(2)8-9-18(12-19-14-30-21-7-5-4-6-20(19)21)13-22(34)23-15-31-25(35-23)33-11-10-32(3)24(16-33)26(27,28)29;1-16(2)8-9-17(12-18-14-29-20-7-5-4-6-19(18)20)13-21(35)23-30-24(32-31-23)34-11-10-33(3)22(15-34)25(26,27)28;1-16(2)8-9-17(12-18-14-29-20-7-5-4-6-19(18)20)13-21(34)23-30-31-24(35-23)33-11-10-32(3)22(15-33)25(26,27)28;1-17(2)9-10-19(13-20-15-26-22-8-6-5-7-21(20)22)14-23(31)24-27-28-25(32-24)30-12-11-29(4)18(3)16-30/h4-7,14-15,17-18,24,30H,8-13,16H2,1-3H3;4-7,14,16-17,22,29H,8-13,15H2,1-3H3,(H,30,31,32);4-7,14,16-17,22,29H,8-13,15H2,1-3H3;5-8,15,17-19,26H,9-14,16H2,1-4H3. The molecular formula is C101H133F9N20O5S2. The summed E-state index contributed by atoms with van der Waals surface area (Å²) in [7, 11) is 6.57. The van der Waals surface area contributed by atoms with Crippen molar-refractivity contribution in [3.05, 3.63) is 172 Å². The Bertz CT molecular complexity index is 5440. The number of rotatable bonds is 36. The van der Waals surface area contributed by atoms with Crippen LogP contribution in [0, 0.1) is 47.3 Å². The molecule has 4 saturated heterocycles. The van der Waals surface area contributed by atoms with Crippen molar-refractivity contribution in [3.63, 3.8) is 0 Å². The number of ketones is 4. The van der Waals surface area contributed by atoms with Gasteiger partial charge in [0.05, 0.1) is 6.20 Å². The van der Waals surface area contributed by atoms with Crippen LogP contribution in [0.15, 0.2) is 132 Å². The molecule has 36 heteroatoms. The van der Waals surface area contributed by atoms with E-state index in [-0.39, 0.29) is 109 Å². The van der Waals surface area contributed by atoms with Crippen molar-refractivity contribution in [1.29, 1.82) is 0 Å². The van der Waals surface area contributed by atoms with E-state index in [0.29, 0.717) is 91.1 Å². The molecule has 0 radical (unpaired) electrons. The van der Waals surface area contributed by atoms with Gasteiger partial charge < -0.3 is 48.9 Å². The first-order valence-corrected chi connectivity index (χ1v) is 49.8. The molecule has 4 fully saturated rings. The van der Waals surface area contributed by atoms with Crippen molar-refractivity contribution in [2.75, 3.05) is 126 Å². The lowest BCUT2D eigenvalue weighted by Gasteiger charge is -2.39. The zero-order valence-electron chi connectivity index (χ0n) is 80.8. The molecule has 0 saturated carbocycles. The van der Waals surface area contributed by atoms with Crippen LogP contribution in [-0.2, 0) is 25.7 Å². The van der Waals surface area contributed by atoms with Crippen molar-refractivity contribution in [1.82, 2.24) is 80.1 Å². The first-order valence-electron chi connectivity index (χ1n) is 48.1. The number of hydrogen-bond donors (Lipinski definition) is 5. The minimum Gasteiger partial charge on any atom is -0.420 e. The first-order chi connectivity index (χ1) is 65.2. The van der Waals surface area contributed by atoms with Gasteiger partial charge in [0.1, 0.15) is 18.1 Å². The zero-order valence-corrected chi connectivity index (χ0v) is 82.5. The summed E-state index contributed by atoms with van der Waals surface area (Å²) in [6.07, 6.45) is 9.07. The van der Waals surface area contributed by atoms with Crippen LogP contribution in [-0.4, -0.2) is 253 Å². The minimum atomic E-state index is -4.34. The molecule has 8 atom stereocenters. The van der Waals surface area contributed by atoms with E-state index in [1.54, 1.807) is 4.90 Å². The van der Waals surface area contributed by atoms with Crippen molar-refractivity contribution < 1.29 is 63.1 Å².